The van der Waals surface area contributed by atoms with E-state index in [4.69, 9.17) is 52.6 Å². The summed E-state index contributed by atoms with van der Waals surface area (Å²) in [5, 5.41) is 12.4. The maximum atomic E-state index is 15.6. The normalized spacial score (nSPS) is 17.2. The lowest BCUT2D eigenvalue weighted by Gasteiger charge is -2.38. The average molecular weight is 878 g/mol. The Bertz CT molecular complexity index is 2790. The molecule has 0 saturated carbocycles. The maximum absolute atomic E-state index is 15.6. The van der Waals surface area contributed by atoms with Crippen molar-refractivity contribution in [3.8, 4) is 28.3 Å². The fourth-order valence-corrected chi connectivity index (χ4v) is 10.0. The first-order chi connectivity index (χ1) is 29.9. The molecular weight excluding hydrogens is 823 g/mol. The molecule has 0 spiro atoms. The third kappa shape index (κ3) is 7.48. The summed E-state index contributed by atoms with van der Waals surface area (Å²) in [7, 11) is 3.67. The highest BCUT2D eigenvalue weighted by Gasteiger charge is 2.42. The van der Waals surface area contributed by atoms with Gasteiger partial charge < -0.3 is 23.3 Å². The second-order valence-corrected chi connectivity index (χ2v) is 17.8. The third-order valence-electron chi connectivity index (χ3n) is 12.9. The molecule has 3 aromatic carbocycles. The smallest absolute Gasteiger partial charge is 0.276 e. The molecule has 1 fully saturated rings. The number of rotatable bonds is 13. The second kappa shape index (κ2) is 17.2. The van der Waals surface area contributed by atoms with Gasteiger partial charge in [0.15, 0.2) is 5.82 Å². The zero-order valence-corrected chi connectivity index (χ0v) is 38.1. The van der Waals surface area contributed by atoms with Gasteiger partial charge in [-0.25, -0.2) is 4.98 Å². The van der Waals surface area contributed by atoms with Crippen molar-refractivity contribution >= 4 is 56.6 Å². The summed E-state index contributed by atoms with van der Waals surface area (Å²) >= 11 is 14.1. The van der Waals surface area contributed by atoms with Crippen LogP contribution in [0.5, 0.6) is 5.75 Å². The van der Waals surface area contributed by atoms with Crippen molar-refractivity contribution < 1.29 is 19.0 Å². The van der Waals surface area contributed by atoms with Gasteiger partial charge in [0.2, 0.25) is 0 Å². The van der Waals surface area contributed by atoms with Crippen LogP contribution in [0.4, 0.5) is 5.69 Å². The number of carbonyl (C=O) groups is 1. The molecular formula is C48H54Cl2N8O4. The number of ether oxygens (including phenoxy) is 3. The van der Waals surface area contributed by atoms with E-state index in [0.29, 0.717) is 50.0 Å². The molecule has 12 nitrogen and oxygen atoms in total. The molecule has 1 saturated heterocycles. The van der Waals surface area contributed by atoms with Crippen molar-refractivity contribution in [2.45, 2.75) is 84.9 Å². The number of para-hydroxylation sites is 1. The number of benzene rings is 3. The number of amides is 1. The summed E-state index contributed by atoms with van der Waals surface area (Å²) in [4.78, 5) is 22.2. The van der Waals surface area contributed by atoms with Crippen LogP contribution in [0, 0.1) is 33.6 Å². The number of halogens is 2. The Balaban J connectivity index is 1.14. The van der Waals surface area contributed by atoms with E-state index in [1.165, 1.54) is 0 Å². The van der Waals surface area contributed by atoms with Crippen LogP contribution in [0.3, 0.4) is 0 Å². The Labute approximate surface area is 372 Å². The molecule has 0 aliphatic carbocycles. The molecule has 2 aliphatic rings. The van der Waals surface area contributed by atoms with Crippen LogP contribution in [0.1, 0.15) is 70.8 Å². The van der Waals surface area contributed by atoms with E-state index in [0.717, 1.165) is 116 Å². The summed E-state index contributed by atoms with van der Waals surface area (Å²) < 4.78 is 25.6. The highest BCUT2D eigenvalue weighted by atomic mass is 35.5. The molecule has 6 heterocycles. The molecule has 2 aliphatic heterocycles. The predicted octanol–water partition coefficient (Wildman–Crippen LogP) is 10.0. The standard InChI is InChI=1S/C48H54Cl2N8O4/c1-28-22-35(23-29(2)43(28)49)62-18-9-12-37-36-10-8-11-38(42-30(3)52-54(6)31(42)4)44(36)57-32(5)46(50)58(48(59)45(37)57)41-26-55(17-21-60-7)40-14-13-34(24-39(40)41)47-51-27-56(53-47)25-33-15-19-61-20-16-33/h8,10-11,13-14,22-24,26-27,32-33,46H,9,12,15-21,25H2,1-7H3/t32?,46-/m0/s1. The number of aromatic nitrogens is 7. The van der Waals surface area contributed by atoms with Crippen LogP contribution in [0.25, 0.3) is 44.3 Å². The summed E-state index contributed by atoms with van der Waals surface area (Å²) in [5.41, 5.74) is 10.5. The monoisotopic (exact) mass is 876 g/mol. The lowest BCUT2D eigenvalue weighted by atomic mass is 9.98. The van der Waals surface area contributed by atoms with Gasteiger partial charge in [0.05, 0.1) is 41.7 Å². The topological polar surface area (TPSA) is 106 Å². The Hall–Kier alpha value is -5.14. The summed E-state index contributed by atoms with van der Waals surface area (Å²) in [6.45, 7) is 14.2. The van der Waals surface area contributed by atoms with Crippen LogP contribution < -0.4 is 9.64 Å². The minimum atomic E-state index is -0.718. The first kappa shape index (κ1) is 42.2. The Kier molecular flexibility index (Phi) is 11.7. The molecule has 0 bridgehead atoms. The molecule has 1 amide bonds. The van der Waals surface area contributed by atoms with Crippen molar-refractivity contribution in [2.75, 3.05) is 38.4 Å². The highest BCUT2D eigenvalue weighted by molar-refractivity contribution is 6.32. The van der Waals surface area contributed by atoms with Gasteiger partial charge in [-0.1, -0.05) is 41.4 Å². The zero-order chi connectivity index (χ0) is 43.4. The predicted molar refractivity (Wildman–Crippen MR) is 246 cm³/mol. The van der Waals surface area contributed by atoms with E-state index in [2.05, 4.69) is 59.4 Å². The van der Waals surface area contributed by atoms with Crippen molar-refractivity contribution in [1.82, 2.24) is 33.7 Å². The van der Waals surface area contributed by atoms with Gasteiger partial charge in [-0.2, -0.15) is 10.2 Å². The lowest BCUT2D eigenvalue weighted by Crippen LogP contribution is -2.47. The fraction of sp³-hybridized carbons (Fsp3) is 0.417. The molecule has 324 valence electrons. The first-order valence-electron chi connectivity index (χ1n) is 21.6. The highest BCUT2D eigenvalue weighted by Crippen LogP contribution is 2.46. The van der Waals surface area contributed by atoms with Gasteiger partial charge in [0, 0.05) is 84.8 Å². The SMILES string of the molecule is COCCn1cc(N2C(=O)c3c(CCCOc4cc(C)c(Cl)c(C)c4)c4cccc(-c5c(C)nn(C)c5C)c4n3C(C)[C@H]2Cl)c2cc(-c3ncn(CC4CCOCC4)n3)ccc21. The molecule has 9 rings (SSSR count). The number of methoxy groups -OCH3 is 1. The van der Waals surface area contributed by atoms with Gasteiger partial charge >= 0.3 is 0 Å². The molecule has 1 unspecified atom stereocenters. The van der Waals surface area contributed by atoms with Gasteiger partial charge in [0.25, 0.3) is 5.91 Å². The maximum Gasteiger partial charge on any atom is 0.276 e. The number of hydrogen-bond acceptors (Lipinski definition) is 7. The number of anilines is 1. The largest absolute Gasteiger partial charge is 0.494 e. The average Bonchev–Trinajstić information content (AvgIpc) is 4.02. The van der Waals surface area contributed by atoms with Crippen LogP contribution in [0.15, 0.2) is 61.1 Å². The number of alkyl halides is 1. The van der Waals surface area contributed by atoms with Crippen molar-refractivity contribution in [3.05, 3.63) is 99.8 Å². The van der Waals surface area contributed by atoms with Gasteiger partial charge in [-0.3, -0.25) is 19.1 Å². The number of carbonyl (C=O) groups excluding carboxylic acids is 1. The zero-order valence-electron chi connectivity index (χ0n) is 36.5. The van der Waals surface area contributed by atoms with E-state index >= 15 is 4.79 Å². The third-order valence-corrected chi connectivity index (χ3v) is 14.0. The van der Waals surface area contributed by atoms with Gasteiger partial charge in [-0.15, -0.1) is 0 Å². The van der Waals surface area contributed by atoms with Crippen LogP contribution in [-0.2, 0) is 36.0 Å². The lowest BCUT2D eigenvalue weighted by molar-refractivity contribution is 0.0601. The Morgan fingerprint density at radius 1 is 0.968 bits per heavy atom. The molecule has 62 heavy (non-hydrogen) atoms. The summed E-state index contributed by atoms with van der Waals surface area (Å²) in [6, 6.07) is 16.2. The van der Waals surface area contributed by atoms with Gasteiger partial charge in [0.1, 0.15) is 23.3 Å². The molecule has 0 N–H and O–H groups in total. The number of aryl methyl sites for hydroxylation is 5. The first-order valence-corrected chi connectivity index (χ1v) is 22.4. The molecule has 4 aromatic heterocycles. The van der Waals surface area contributed by atoms with Gasteiger partial charge in [-0.05, 0) is 113 Å². The summed E-state index contributed by atoms with van der Waals surface area (Å²) in [5.74, 6) is 1.77. The second-order valence-electron chi connectivity index (χ2n) is 17.0. The van der Waals surface area contributed by atoms with Crippen LogP contribution >= 0.6 is 23.2 Å². The molecule has 7 aromatic rings. The molecule has 0 radical (unpaired) electrons. The van der Waals surface area contributed by atoms with Crippen molar-refractivity contribution in [1.29, 1.82) is 0 Å². The van der Waals surface area contributed by atoms with E-state index in [-0.39, 0.29) is 11.9 Å². The van der Waals surface area contributed by atoms with E-state index in [9.17, 15) is 0 Å². The van der Waals surface area contributed by atoms with Crippen molar-refractivity contribution in [3.63, 3.8) is 0 Å². The Morgan fingerprint density at radius 2 is 1.74 bits per heavy atom. The van der Waals surface area contributed by atoms with Crippen molar-refractivity contribution in [2.24, 2.45) is 13.0 Å². The van der Waals surface area contributed by atoms with E-state index in [1.807, 2.05) is 61.8 Å². The number of hydrogen-bond donors (Lipinski definition) is 0. The fourth-order valence-electron chi connectivity index (χ4n) is 9.62. The van der Waals surface area contributed by atoms with Crippen LogP contribution in [0.2, 0.25) is 5.02 Å². The summed E-state index contributed by atoms with van der Waals surface area (Å²) in [6.07, 6.45) is 7.18. The Morgan fingerprint density at radius 3 is 2.47 bits per heavy atom. The number of fused-ring (bicyclic) bond motifs is 4. The molecule has 2 atom stereocenters. The van der Waals surface area contributed by atoms with E-state index in [1.54, 1.807) is 12.0 Å². The minimum Gasteiger partial charge on any atom is -0.494 e. The minimum absolute atomic E-state index is 0.153. The number of nitrogens with zero attached hydrogens (tertiary/aromatic N) is 8. The van der Waals surface area contributed by atoms with Crippen LogP contribution in [-0.4, -0.2) is 78.6 Å². The quantitative estimate of drug-likeness (QED) is 0.0645. The molecule has 14 heteroatoms. The van der Waals surface area contributed by atoms with E-state index < -0.39 is 5.50 Å².